The van der Waals surface area contributed by atoms with E-state index in [0.717, 1.165) is 45.2 Å². The molecule has 0 aromatic rings. The van der Waals surface area contributed by atoms with Crippen LogP contribution in [-0.4, -0.2) is 61.0 Å². The first-order chi connectivity index (χ1) is 10.9. The summed E-state index contributed by atoms with van der Waals surface area (Å²) in [6.07, 6.45) is 4.46. The van der Waals surface area contributed by atoms with Gasteiger partial charge in [0.2, 0.25) is 5.91 Å². The van der Waals surface area contributed by atoms with Crippen LogP contribution in [0.2, 0.25) is 0 Å². The van der Waals surface area contributed by atoms with Gasteiger partial charge in [-0.2, -0.15) is 0 Å². The molecular weight excluding hydrogens is 286 g/mol. The maximum atomic E-state index is 12.4. The molecule has 0 radical (unpaired) electrons. The van der Waals surface area contributed by atoms with Gasteiger partial charge in [-0.25, -0.2) is 0 Å². The van der Waals surface area contributed by atoms with E-state index in [9.17, 15) is 4.79 Å². The number of hydrogen-bond acceptors (Lipinski definition) is 3. The van der Waals surface area contributed by atoms with Crippen LogP contribution < -0.4 is 5.32 Å². The van der Waals surface area contributed by atoms with Crippen molar-refractivity contribution < 1.29 is 4.79 Å². The summed E-state index contributed by atoms with van der Waals surface area (Å²) in [6, 6.07) is 0.390. The third kappa shape index (κ3) is 3.05. The van der Waals surface area contributed by atoms with Gasteiger partial charge in [0, 0.05) is 45.2 Å². The Morgan fingerprint density at radius 3 is 2.30 bits per heavy atom. The summed E-state index contributed by atoms with van der Waals surface area (Å²) in [5.74, 6) is 1.05. The molecule has 1 saturated heterocycles. The lowest BCUT2D eigenvalue weighted by Gasteiger charge is -2.39. The van der Waals surface area contributed by atoms with Crippen LogP contribution in [-0.2, 0) is 4.79 Å². The lowest BCUT2D eigenvalue weighted by atomic mass is 9.69. The fourth-order valence-electron chi connectivity index (χ4n) is 5.28. The maximum Gasteiger partial charge on any atom is 0.221 e. The van der Waals surface area contributed by atoms with Gasteiger partial charge in [0.1, 0.15) is 0 Å². The minimum absolute atomic E-state index is 0.262. The Hall–Kier alpha value is -0.610. The Bertz CT molecular complexity index is 442. The van der Waals surface area contributed by atoms with E-state index in [2.05, 4.69) is 42.8 Å². The third-order valence-electron chi connectivity index (χ3n) is 7.70. The second-order valence-electron chi connectivity index (χ2n) is 8.76. The van der Waals surface area contributed by atoms with Crippen molar-refractivity contribution in [2.24, 2.45) is 16.7 Å². The normalized spacial score (nSPS) is 37.2. The van der Waals surface area contributed by atoms with Gasteiger partial charge in [0.25, 0.3) is 0 Å². The summed E-state index contributed by atoms with van der Waals surface area (Å²) < 4.78 is 0. The smallest absolute Gasteiger partial charge is 0.221 e. The first kappa shape index (κ1) is 17.2. The predicted molar refractivity (Wildman–Crippen MR) is 94.3 cm³/mol. The summed E-state index contributed by atoms with van der Waals surface area (Å²) in [5, 5.41) is 3.39. The van der Waals surface area contributed by atoms with Gasteiger partial charge in [0.05, 0.1) is 0 Å². The number of rotatable bonds is 5. The van der Waals surface area contributed by atoms with E-state index in [4.69, 9.17) is 0 Å². The molecule has 1 amide bonds. The van der Waals surface area contributed by atoms with E-state index >= 15 is 0 Å². The van der Waals surface area contributed by atoms with E-state index in [1.807, 2.05) is 0 Å². The minimum atomic E-state index is 0.262. The van der Waals surface area contributed by atoms with E-state index in [1.54, 1.807) is 0 Å². The summed E-state index contributed by atoms with van der Waals surface area (Å²) >= 11 is 0. The van der Waals surface area contributed by atoms with E-state index in [1.165, 1.54) is 19.3 Å². The molecule has 1 heterocycles. The molecule has 2 saturated carbocycles. The molecule has 132 valence electrons. The minimum Gasteiger partial charge on any atom is -0.353 e. The number of likely N-dealkylation sites (N-methyl/N-ethyl adjacent to an activating group) is 1. The van der Waals surface area contributed by atoms with Crippen molar-refractivity contribution in [2.75, 3.05) is 39.3 Å². The average molecular weight is 322 g/mol. The van der Waals surface area contributed by atoms with Gasteiger partial charge >= 0.3 is 0 Å². The number of amides is 1. The highest BCUT2D eigenvalue weighted by Gasteiger charge is 2.61. The maximum absolute atomic E-state index is 12.4. The zero-order chi connectivity index (χ0) is 16.7. The Labute approximate surface area is 142 Å². The van der Waals surface area contributed by atoms with Gasteiger partial charge in [0.15, 0.2) is 0 Å². The second kappa shape index (κ2) is 6.36. The van der Waals surface area contributed by atoms with E-state index in [-0.39, 0.29) is 5.91 Å². The molecule has 3 rings (SSSR count). The number of carbonyl (C=O) groups excluding carboxylic acids is 1. The third-order valence-corrected chi connectivity index (χ3v) is 7.70. The molecule has 3 aliphatic rings. The van der Waals surface area contributed by atoms with Crippen LogP contribution in [0, 0.1) is 16.7 Å². The van der Waals surface area contributed by atoms with Crippen LogP contribution in [0.4, 0.5) is 0 Å². The van der Waals surface area contributed by atoms with Crippen molar-refractivity contribution in [2.45, 2.75) is 59.4 Å². The molecular formula is C19H35N3O. The van der Waals surface area contributed by atoms with Crippen molar-refractivity contribution >= 4 is 5.91 Å². The molecule has 3 atom stereocenters. The molecule has 0 unspecified atom stereocenters. The standard InChI is InChI=1S/C19H35N3O/c1-5-21-10-12-22(13-11-21)9-7-17(23)20-16-14-15-6-8-19(16,4)18(15,2)3/h15-16H,5-14H2,1-4H3,(H,20,23)/t15-,16-,19+/m1/s1. The number of piperazine rings is 1. The summed E-state index contributed by atoms with van der Waals surface area (Å²) in [7, 11) is 0. The van der Waals surface area contributed by atoms with Crippen LogP contribution in [0.3, 0.4) is 0 Å². The van der Waals surface area contributed by atoms with Gasteiger partial charge < -0.3 is 15.1 Å². The van der Waals surface area contributed by atoms with Crippen molar-refractivity contribution in [3.63, 3.8) is 0 Å². The van der Waals surface area contributed by atoms with Gasteiger partial charge in [-0.3, -0.25) is 4.79 Å². The molecule has 1 aliphatic heterocycles. The molecule has 0 aromatic carbocycles. The zero-order valence-corrected chi connectivity index (χ0v) is 15.5. The van der Waals surface area contributed by atoms with Gasteiger partial charge in [-0.05, 0) is 42.6 Å². The lowest BCUT2D eigenvalue weighted by molar-refractivity contribution is -0.123. The fourth-order valence-corrected chi connectivity index (χ4v) is 5.28. The molecule has 0 aromatic heterocycles. The fraction of sp³-hybridized carbons (Fsp3) is 0.947. The van der Waals surface area contributed by atoms with Crippen LogP contribution >= 0.6 is 0 Å². The molecule has 2 aliphatic carbocycles. The number of carbonyl (C=O) groups is 1. The van der Waals surface area contributed by atoms with E-state index in [0.29, 0.717) is 23.3 Å². The highest BCUT2D eigenvalue weighted by Crippen LogP contribution is 2.65. The van der Waals surface area contributed by atoms with Crippen molar-refractivity contribution in [1.82, 2.24) is 15.1 Å². The lowest BCUT2D eigenvalue weighted by Crippen LogP contribution is -2.49. The molecule has 1 N–H and O–H groups in total. The Kier molecular flexibility index (Phi) is 4.76. The Morgan fingerprint density at radius 2 is 1.78 bits per heavy atom. The van der Waals surface area contributed by atoms with Gasteiger partial charge in [-0.1, -0.05) is 27.7 Å². The number of hydrogen-bond donors (Lipinski definition) is 1. The molecule has 2 bridgehead atoms. The monoisotopic (exact) mass is 321 g/mol. The summed E-state index contributed by atoms with van der Waals surface area (Å²) in [4.78, 5) is 17.4. The SMILES string of the molecule is CCN1CCN(CCC(=O)N[C@@H]2C[C@H]3CC[C@]2(C)C3(C)C)CC1. The molecule has 23 heavy (non-hydrogen) atoms. The highest BCUT2D eigenvalue weighted by atomic mass is 16.1. The molecule has 4 nitrogen and oxygen atoms in total. The highest BCUT2D eigenvalue weighted by molar-refractivity contribution is 5.76. The van der Waals surface area contributed by atoms with Crippen molar-refractivity contribution in [3.8, 4) is 0 Å². The molecule has 4 heteroatoms. The Balaban J connectivity index is 1.44. The number of nitrogens with one attached hydrogen (secondary N) is 1. The Morgan fingerprint density at radius 1 is 1.13 bits per heavy atom. The largest absolute Gasteiger partial charge is 0.353 e. The second-order valence-corrected chi connectivity index (χ2v) is 8.76. The molecule has 3 fully saturated rings. The quantitative estimate of drug-likeness (QED) is 0.844. The predicted octanol–water partition coefficient (Wildman–Crippen LogP) is 2.34. The van der Waals surface area contributed by atoms with Gasteiger partial charge in [-0.15, -0.1) is 0 Å². The first-order valence-electron chi connectivity index (χ1n) is 9.61. The summed E-state index contributed by atoms with van der Waals surface area (Å²) in [5.41, 5.74) is 0.668. The van der Waals surface area contributed by atoms with Crippen LogP contribution in [0.25, 0.3) is 0 Å². The number of nitrogens with zero attached hydrogens (tertiary/aromatic N) is 2. The number of fused-ring (bicyclic) bond motifs is 2. The average Bonchev–Trinajstić information content (AvgIpc) is 2.87. The first-order valence-corrected chi connectivity index (χ1v) is 9.61. The topological polar surface area (TPSA) is 35.6 Å². The van der Waals surface area contributed by atoms with Crippen LogP contribution in [0.1, 0.15) is 53.4 Å². The summed E-state index contributed by atoms with van der Waals surface area (Å²) in [6.45, 7) is 16.0. The van der Waals surface area contributed by atoms with Crippen molar-refractivity contribution in [1.29, 1.82) is 0 Å². The van der Waals surface area contributed by atoms with Crippen molar-refractivity contribution in [3.05, 3.63) is 0 Å². The van der Waals surface area contributed by atoms with Crippen LogP contribution in [0.5, 0.6) is 0 Å². The molecule has 0 spiro atoms. The van der Waals surface area contributed by atoms with Crippen LogP contribution in [0.15, 0.2) is 0 Å². The van der Waals surface area contributed by atoms with E-state index < -0.39 is 0 Å². The zero-order valence-electron chi connectivity index (χ0n) is 15.5.